The number of carbonyl (C=O) groups excluding carboxylic acids is 2. The lowest BCUT2D eigenvalue weighted by Gasteiger charge is -2.16. The molecular formula is C12H14O2. The second-order valence-electron chi connectivity index (χ2n) is 4.32. The van der Waals surface area contributed by atoms with Crippen molar-refractivity contribution in [2.45, 2.75) is 20.8 Å². The molecule has 0 bridgehead atoms. The van der Waals surface area contributed by atoms with E-state index < -0.39 is 0 Å². The second-order valence-corrected chi connectivity index (χ2v) is 4.32. The minimum atomic E-state index is -0.372. The van der Waals surface area contributed by atoms with Crippen molar-refractivity contribution in [3.63, 3.8) is 0 Å². The zero-order chi connectivity index (χ0) is 10.8. The molecule has 0 saturated carbocycles. The molecule has 0 heterocycles. The fraction of sp³-hybridized carbons (Fsp3) is 0.333. The van der Waals surface area contributed by atoms with Gasteiger partial charge in [-0.1, -0.05) is 45.0 Å². The molecule has 0 unspecified atom stereocenters. The van der Waals surface area contributed by atoms with Crippen molar-refractivity contribution in [3.8, 4) is 0 Å². The van der Waals surface area contributed by atoms with Crippen molar-refractivity contribution in [2.24, 2.45) is 5.41 Å². The van der Waals surface area contributed by atoms with Gasteiger partial charge in [0.15, 0.2) is 5.78 Å². The molecule has 1 rings (SSSR count). The lowest BCUT2D eigenvalue weighted by atomic mass is 9.86. The van der Waals surface area contributed by atoms with Crippen LogP contribution < -0.4 is 0 Å². The minimum absolute atomic E-state index is 0.0925. The average Bonchev–Trinajstić information content (AvgIpc) is 2.15. The summed E-state index contributed by atoms with van der Waals surface area (Å²) in [7, 11) is 0. The lowest BCUT2D eigenvalue weighted by molar-refractivity contribution is 0.0858. The van der Waals surface area contributed by atoms with Crippen LogP contribution in [0.4, 0.5) is 0 Å². The van der Waals surface area contributed by atoms with Gasteiger partial charge in [-0.05, 0) is 0 Å². The van der Waals surface area contributed by atoms with Crippen molar-refractivity contribution in [3.05, 3.63) is 35.4 Å². The predicted molar refractivity (Wildman–Crippen MR) is 55.6 cm³/mol. The van der Waals surface area contributed by atoms with E-state index in [-0.39, 0.29) is 11.2 Å². The highest BCUT2D eigenvalue weighted by atomic mass is 16.1. The summed E-state index contributed by atoms with van der Waals surface area (Å²) in [5.41, 5.74) is 0.876. The monoisotopic (exact) mass is 190 g/mol. The number of Topliss-reactive ketones (excluding diaryl/α,β-unsaturated/α-hetero) is 1. The Balaban J connectivity index is 2.98. The lowest BCUT2D eigenvalue weighted by Crippen LogP contribution is -2.20. The highest BCUT2D eigenvalue weighted by molar-refractivity contribution is 6.00. The van der Waals surface area contributed by atoms with Gasteiger partial charge in [-0.3, -0.25) is 9.59 Å². The Labute approximate surface area is 83.9 Å². The van der Waals surface area contributed by atoms with Gasteiger partial charge in [-0.2, -0.15) is 0 Å². The predicted octanol–water partition coefficient (Wildman–Crippen LogP) is 2.73. The van der Waals surface area contributed by atoms with Gasteiger partial charge in [0, 0.05) is 16.5 Å². The summed E-state index contributed by atoms with van der Waals surface area (Å²) in [6, 6.07) is 6.70. The van der Waals surface area contributed by atoms with Crippen molar-refractivity contribution in [2.75, 3.05) is 0 Å². The average molecular weight is 190 g/mol. The first-order valence-electron chi connectivity index (χ1n) is 4.55. The van der Waals surface area contributed by atoms with Crippen LogP contribution >= 0.6 is 0 Å². The molecule has 0 aliphatic rings. The standard InChI is InChI=1S/C12H14O2/c1-12(2,3)11(14)10-6-4-9(8-13)5-7-10/h4-8H,1-3H3. The molecule has 0 aromatic heterocycles. The van der Waals surface area contributed by atoms with Gasteiger partial charge in [0.25, 0.3) is 0 Å². The minimum Gasteiger partial charge on any atom is -0.298 e. The second kappa shape index (κ2) is 3.74. The van der Waals surface area contributed by atoms with Gasteiger partial charge in [-0.25, -0.2) is 0 Å². The fourth-order valence-electron chi connectivity index (χ4n) is 1.15. The Bertz CT molecular complexity index is 342. The van der Waals surface area contributed by atoms with Crippen LogP contribution in [0.15, 0.2) is 24.3 Å². The maximum Gasteiger partial charge on any atom is 0.168 e. The molecule has 0 saturated heterocycles. The van der Waals surface area contributed by atoms with Gasteiger partial charge >= 0.3 is 0 Å². The number of hydrogen-bond acceptors (Lipinski definition) is 2. The molecule has 14 heavy (non-hydrogen) atoms. The van der Waals surface area contributed by atoms with Crippen LogP contribution in [-0.2, 0) is 0 Å². The van der Waals surface area contributed by atoms with E-state index in [1.807, 2.05) is 20.8 Å². The van der Waals surface area contributed by atoms with Gasteiger partial charge < -0.3 is 0 Å². The van der Waals surface area contributed by atoms with Gasteiger partial charge in [0.1, 0.15) is 6.29 Å². The molecule has 2 nitrogen and oxygen atoms in total. The largest absolute Gasteiger partial charge is 0.298 e. The number of hydrogen-bond donors (Lipinski definition) is 0. The molecule has 0 aliphatic carbocycles. The maximum absolute atomic E-state index is 11.8. The molecule has 1 aromatic carbocycles. The number of rotatable bonds is 2. The SMILES string of the molecule is CC(C)(C)C(=O)c1ccc(C=O)cc1. The van der Waals surface area contributed by atoms with E-state index in [2.05, 4.69) is 0 Å². The first kappa shape index (κ1) is 10.6. The number of aldehydes is 1. The van der Waals surface area contributed by atoms with Crippen LogP contribution in [0.1, 0.15) is 41.5 Å². The van der Waals surface area contributed by atoms with Crippen LogP contribution in [-0.4, -0.2) is 12.1 Å². The van der Waals surface area contributed by atoms with Crippen LogP contribution in [0, 0.1) is 5.41 Å². The van der Waals surface area contributed by atoms with Crippen molar-refractivity contribution in [1.29, 1.82) is 0 Å². The van der Waals surface area contributed by atoms with Crippen molar-refractivity contribution < 1.29 is 9.59 Å². The Kier molecular flexibility index (Phi) is 2.84. The third kappa shape index (κ3) is 2.28. The van der Waals surface area contributed by atoms with Crippen LogP contribution in [0.2, 0.25) is 0 Å². The molecule has 2 heteroatoms. The molecule has 0 radical (unpaired) electrons. The zero-order valence-corrected chi connectivity index (χ0v) is 8.70. The van der Waals surface area contributed by atoms with E-state index in [0.29, 0.717) is 11.1 Å². The quantitative estimate of drug-likeness (QED) is 0.530. The third-order valence-corrected chi connectivity index (χ3v) is 1.99. The summed E-state index contributed by atoms with van der Waals surface area (Å²) in [6.07, 6.45) is 0.769. The summed E-state index contributed by atoms with van der Waals surface area (Å²) >= 11 is 0. The smallest absolute Gasteiger partial charge is 0.168 e. The van der Waals surface area contributed by atoms with E-state index in [0.717, 1.165) is 6.29 Å². The van der Waals surface area contributed by atoms with Crippen molar-refractivity contribution in [1.82, 2.24) is 0 Å². The topological polar surface area (TPSA) is 34.1 Å². The van der Waals surface area contributed by atoms with E-state index in [4.69, 9.17) is 0 Å². The van der Waals surface area contributed by atoms with E-state index in [1.54, 1.807) is 24.3 Å². The van der Waals surface area contributed by atoms with Crippen LogP contribution in [0.3, 0.4) is 0 Å². The molecule has 0 fully saturated rings. The Morgan fingerprint density at radius 1 is 1.14 bits per heavy atom. The Morgan fingerprint density at radius 2 is 1.64 bits per heavy atom. The highest BCUT2D eigenvalue weighted by Gasteiger charge is 2.22. The molecular weight excluding hydrogens is 176 g/mol. The molecule has 0 spiro atoms. The molecule has 0 atom stereocenters. The third-order valence-electron chi connectivity index (χ3n) is 1.99. The first-order valence-corrected chi connectivity index (χ1v) is 4.55. The number of ketones is 1. The van der Waals surface area contributed by atoms with Gasteiger partial charge in [0.2, 0.25) is 0 Å². The molecule has 74 valence electrons. The Hall–Kier alpha value is -1.44. The summed E-state index contributed by atoms with van der Waals surface area (Å²) in [4.78, 5) is 22.2. The highest BCUT2D eigenvalue weighted by Crippen LogP contribution is 2.20. The van der Waals surface area contributed by atoms with Crippen LogP contribution in [0.25, 0.3) is 0 Å². The van der Waals surface area contributed by atoms with E-state index in [9.17, 15) is 9.59 Å². The molecule has 0 N–H and O–H groups in total. The van der Waals surface area contributed by atoms with E-state index in [1.165, 1.54) is 0 Å². The normalized spacial score (nSPS) is 11.1. The summed E-state index contributed by atoms with van der Waals surface area (Å²) in [5.74, 6) is 0.0925. The maximum atomic E-state index is 11.8. The molecule has 0 amide bonds. The number of carbonyl (C=O) groups is 2. The van der Waals surface area contributed by atoms with E-state index >= 15 is 0 Å². The van der Waals surface area contributed by atoms with Crippen molar-refractivity contribution >= 4 is 12.1 Å². The zero-order valence-electron chi connectivity index (χ0n) is 8.70. The van der Waals surface area contributed by atoms with Gasteiger partial charge in [0.05, 0.1) is 0 Å². The molecule has 1 aromatic rings. The summed E-state index contributed by atoms with van der Waals surface area (Å²) in [5, 5.41) is 0. The van der Waals surface area contributed by atoms with Gasteiger partial charge in [-0.15, -0.1) is 0 Å². The van der Waals surface area contributed by atoms with Crippen LogP contribution in [0.5, 0.6) is 0 Å². The first-order chi connectivity index (χ1) is 6.45. The number of benzene rings is 1. The fourth-order valence-corrected chi connectivity index (χ4v) is 1.15. The molecule has 0 aliphatic heterocycles. The Morgan fingerprint density at radius 3 is 2.00 bits per heavy atom. The summed E-state index contributed by atoms with van der Waals surface area (Å²) in [6.45, 7) is 5.63. The summed E-state index contributed by atoms with van der Waals surface area (Å²) < 4.78 is 0.